The van der Waals surface area contributed by atoms with Gasteiger partial charge in [0.25, 0.3) is 0 Å². The Morgan fingerprint density at radius 3 is 2.30 bits per heavy atom. The standard InChI is InChI=1S/C26H36O4/c1-15(2)10-11-17-14-25(9)20(28)18-12-13-23(5,6)30-21(18)26(22(25)29,24(17,7)8)19(27)16(3)4/h10,12-13,16-17H,11,14H2,1-9H3/t17?,25?,26-/m1/s1. The van der Waals surface area contributed by atoms with Crippen molar-refractivity contribution in [2.75, 3.05) is 0 Å². The second-order valence-corrected chi connectivity index (χ2v) is 11.2. The van der Waals surface area contributed by atoms with Gasteiger partial charge < -0.3 is 4.74 Å². The van der Waals surface area contributed by atoms with E-state index in [1.54, 1.807) is 13.0 Å². The molecule has 2 bridgehead atoms. The van der Waals surface area contributed by atoms with Crippen LogP contribution in [0.1, 0.15) is 75.2 Å². The maximum atomic E-state index is 14.2. The van der Waals surface area contributed by atoms with Crippen molar-refractivity contribution in [3.05, 3.63) is 35.1 Å². The van der Waals surface area contributed by atoms with Gasteiger partial charge in [-0.05, 0) is 70.9 Å². The molecule has 4 nitrogen and oxygen atoms in total. The smallest absolute Gasteiger partial charge is 0.179 e. The Kier molecular flexibility index (Phi) is 5.12. The monoisotopic (exact) mass is 412 g/mol. The first kappa shape index (κ1) is 22.7. The van der Waals surface area contributed by atoms with Crippen LogP contribution in [-0.2, 0) is 19.1 Å². The minimum atomic E-state index is -1.46. The molecule has 164 valence electrons. The van der Waals surface area contributed by atoms with Crippen molar-refractivity contribution in [2.45, 2.75) is 80.8 Å². The number of carbonyl (C=O) groups is 3. The van der Waals surface area contributed by atoms with Gasteiger partial charge in [0.1, 0.15) is 11.4 Å². The highest BCUT2D eigenvalue weighted by Crippen LogP contribution is 2.66. The summed E-state index contributed by atoms with van der Waals surface area (Å²) in [6, 6.07) is 0. The number of Topliss-reactive ketones (excluding diaryl/α,β-unsaturated/α-hetero) is 3. The molecule has 30 heavy (non-hydrogen) atoms. The van der Waals surface area contributed by atoms with Crippen LogP contribution in [0.3, 0.4) is 0 Å². The fourth-order valence-corrected chi connectivity index (χ4v) is 5.64. The molecule has 3 atom stereocenters. The maximum absolute atomic E-state index is 14.2. The molecular weight excluding hydrogens is 376 g/mol. The van der Waals surface area contributed by atoms with Crippen molar-refractivity contribution in [1.82, 2.24) is 0 Å². The van der Waals surface area contributed by atoms with E-state index in [0.29, 0.717) is 12.0 Å². The van der Waals surface area contributed by atoms with Gasteiger partial charge in [-0.3, -0.25) is 14.4 Å². The van der Waals surface area contributed by atoms with E-state index in [0.717, 1.165) is 6.42 Å². The SMILES string of the molecule is CC(C)=CCC1CC2(C)C(=O)C3=C(OC(C)(C)C=C3)[C@](C(=O)C(C)C)(C2=O)C1(C)C. The zero-order valence-electron chi connectivity index (χ0n) is 19.9. The lowest BCUT2D eigenvalue weighted by Gasteiger charge is -2.61. The number of fused-ring (bicyclic) bond motifs is 3. The molecular formula is C26H36O4. The average Bonchev–Trinajstić information content (AvgIpc) is 2.61. The molecule has 1 aliphatic heterocycles. The molecule has 1 fully saturated rings. The Labute approximate surface area is 180 Å². The lowest BCUT2D eigenvalue weighted by atomic mass is 9.40. The minimum absolute atomic E-state index is 0.00609. The molecule has 2 aliphatic carbocycles. The summed E-state index contributed by atoms with van der Waals surface area (Å²) in [5, 5.41) is 0. The van der Waals surface area contributed by atoms with E-state index in [1.165, 1.54) is 5.57 Å². The van der Waals surface area contributed by atoms with Crippen molar-refractivity contribution < 1.29 is 19.1 Å². The van der Waals surface area contributed by atoms with E-state index in [9.17, 15) is 14.4 Å². The summed E-state index contributed by atoms with van der Waals surface area (Å²) in [7, 11) is 0. The summed E-state index contributed by atoms with van der Waals surface area (Å²) in [5.74, 6) is -0.710. The minimum Gasteiger partial charge on any atom is -0.486 e. The third-order valence-electron chi connectivity index (χ3n) is 7.54. The van der Waals surface area contributed by atoms with E-state index >= 15 is 0 Å². The second kappa shape index (κ2) is 6.77. The fourth-order valence-electron chi connectivity index (χ4n) is 5.64. The quantitative estimate of drug-likeness (QED) is 0.460. The van der Waals surface area contributed by atoms with Crippen LogP contribution in [-0.4, -0.2) is 23.0 Å². The Balaban J connectivity index is 2.40. The number of carbonyl (C=O) groups excluding carboxylic acids is 3. The zero-order valence-corrected chi connectivity index (χ0v) is 19.9. The summed E-state index contributed by atoms with van der Waals surface area (Å²) < 4.78 is 6.35. The molecule has 2 unspecified atom stereocenters. The maximum Gasteiger partial charge on any atom is 0.179 e. The molecule has 3 aliphatic rings. The van der Waals surface area contributed by atoms with Crippen LogP contribution in [0.2, 0.25) is 0 Å². The third-order valence-corrected chi connectivity index (χ3v) is 7.54. The lowest BCUT2D eigenvalue weighted by Crippen LogP contribution is -2.69. The molecule has 1 heterocycles. The molecule has 0 aromatic carbocycles. The molecule has 0 spiro atoms. The highest BCUT2D eigenvalue weighted by molar-refractivity contribution is 6.28. The highest BCUT2D eigenvalue weighted by atomic mass is 16.5. The van der Waals surface area contributed by atoms with Gasteiger partial charge in [0, 0.05) is 5.92 Å². The van der Waals surface area contributed by atoms with Gasteiger partial charge in [0.05, 0.1) is 11.0 Å². The summed E-state index contributed by atoms with van der Waals surface area (Å²) in [6.07, 6.45) is 6.95. The van der Waals surface area contributed by atoms with E-state index in [1.807, 2.05) is 61.5 Å². The molecule has 4 heteroatoms. The first-order valence-corrected chi connectivity index (χ1v) is 11.0. The lowest BCUT2D eigenvalue weighted by molar-refractivity contribution is -0.178. The Bertz CT molecular complexity index is 907. The Morgan fingerprint density at radius 2 is 1.77 bits per heavy atom. The van der Waals surface area contributed by atoms with Crippen LogP contribution in [0, 0.1) is 28.1 Å². The van der Waals surface area contributed by atoms with Crippen LogP contribution in [0.25, 0.3) is 0 Å². The fraction of sp³-hybridized carbons (Fsp3) is 0.654. The Hall–Kier alpha value is -1.97. The highest BCUT2D eigenvalue weighted by Gasteiger charge is 2.74. The van der Waals surface area contributed by atoms with E-state index in [-0.39, 0.29) is 34.9 Å². The molecule has 0 N–H and O–H groups in total. The van der Waals surface area contributed by atoms with Crippen LogP contribution in [0.5, 0.6) is 0 Å². The largest absolute Gasteiger partial charge is 0.486 e. The zero-order chi connectivity index (χ0) is 22.9. The second-order valence-electron chi connectivity index (χ2n) is 11.2. The Morgan fingerprint density at radius 1 is 1.17 bits per heavy atom. The summed E-state index contributed by atoms with van der Waals surface area (Å²) in [5.41, 5.74) is -2.47. The van der Waals surface area contributed by atoms with Crippen LogP contribution >= 0.6 is 0 Å². The van der Waals surface area contributed by atoms with Crippen molar-refractivity contribution in [3.8, 4) is 0 Å². The number of rotatable bonds is 4. The van der Waals surface area contributed by atoms with Gasteiger partial charge in [0.2, 0.25) is 0 Å². The predicted octanol–water partition coefficient (Wildman–Crippen LogP) is 5.38. The molecule has 0 radical (unpaired) electrons. The number of hydrogen-bond acceptors (Lipinski definition) is 4. The number of allylic oxidation sites excluding steroid dienone is 5. The van der Waals surface area contributed by atoms with Gasteiger partial charge in [-0.25, -0.2) is 0 Å². The molecule has 0 saturated heterocycles. The first-order valence-electron chi connectivity index (χ1n) is 11.0. The number of ether oxygens (including phenoxy) is 1. The average molecular weight is 413 g/mol. The number of hydrogen-bond donors (Lipinski definition) is 0. The molecule has 0 aromatic heterocycles. The van der Waals surface area contributed by atoms with Gasteiger partial charge in [-0.1, -0.05) is 39.3 Å². The van der Waals surface area contributed by atoms with Crippen molar-refractivity contribution in [3.63, 3.8) is 0 Å². The van der Waals surface area contributed by atoms with Crippen molar-refractivity contribution in [1.29, 1.82) is 0 Å². The van der Waals surface area contributed by atoms with Crippen molar-refractivity contribution in [2.24, 2.45) is 28.1 Å². The van der Waals surface area contributed by atoms with Gasteiger partial charge in [-0.2, -0.15) is 0 Å². The van der Waals surface area contributed by atoms with Gasteiger partial charge >= 0.3 is 0 Å². The molecule has 0 amide bonds. The van der Waals surface area contributed by atoms with E-state index in [4.69, 9.17) is 4.74 Å². The summed E-state index contributed by atoms with van der Waals surface area (Å²) in [4.78, 5) is 41.8. The third kappa shape index (κ3) is 2.82. The molecule has 3 rings (SSSR count). The van der Waals surface area contributed by atoms with Gasteiger partial charge in [-0.15, -0.1) is 0 Å². The predicted molar refractivity (Wildman–Crippen MR) is 118 cm³/mol. The van der Waals surface area contributed by atoms with Crippen LogP contribution in [0.15, 0.2) is 35.1 Å². The first-order chi connectivity index (χ1) is 13.6. The van der Waals surface area contributed by atoms with Crippen LogP contribution < -0.4 is 0 Å². The normalized spacial score (nSPS) is 33.9. The van der Waals surface area contributed by atoms with Crippen molar-refractivity contribution >= 4 is 17.3 Å². The summed E-state index contributed by atoms with van der Waals surface area (Å²) in [6.45, 7) is 17.3. The summed E-state index contributed by atoms with van der Waals surface area (Å²) >= 11 is 0. The topological polar surface area (TPSA) is 60.4 Å². The molecule has 0 aromatic rings. The van der Waals surface area contributed by atoms with Crippen LogP contribution in [0.4, 0.5) is 0 Å². The van der Waals surface area contributed by atoms with E-state index < -0.39 is 21.8 Å². The van der Waals surface area contributed by atoms with Gasteiger partial charge in [0.15, 0.2) is 22.8 Å². The molecule has 1 saturated carbocycles. The van der Waals surface area contributed by atoms with E-state index in [2.05, 4.69) is 6.08 Å². The number of ketones is 3.